The third-order valence-corrected chi connectivity index (χ3v) is 6.55. The summed E-state index contributed by atoms with van der Waals surface area (Å²) in [5.74, 6) is 1.18. The molecule has 35 heavy (non-hydrogen) atoms. The minimum atomic E-state index is -0.376. The van der Waals surface area contributed by atoms with Gasteiger partial charge in [-0.25, -0.2) is 14.4 Å². The standard InChI is InChI=1S/C25H18FN5O3S/c1-12-10-17(14(3)33-12)19-11-18(20-13(2)30-34-24(20)27-19)23(32)29-22-21(15-4-6-16(26)7-5-15)28-25-31(22)8-9-35-25/h4-11H,1-3H3,(H,29,32). The van der Waals surface area contributed by atoms with Crippen molar-refractivity contribution in [3.05, 3.63) is 76.6 Å². The Hall–Kier alpha value is -4.31. The molecule has 0 saturated carbocycles. The molecule has 6 rings (SSSR count). The first-order valence-electron chi connectivity index (χ1n) is 10.8. The number of aromatic nitrogens is 4. The fourth-order valence-corrected chi connectivity index (χ4v) is 4.90. The van der Waals surface area contributed by atoms with E-state index in [1.807, 2.05) is 31.5 Å². The molecule has 5 heterocycles. The molecule has 5 aromatic heterocycles. The molecule has 0 spiro atoms. The zero-order valence-corrected chi connectivity index (χ0v) is 19.7. The Balaban J connectivity index is 1.49. The number of benzene rings is 1. The maximum Gasteiger partial charge on any atom is 0.259 e. The van der Waals surface area contributed by atoms with E-state index in [0.717, 1.165) is 11.3 Å². The number of fused-ring (bicyclic) bond motifs is 2. The van der Waals surface area contributed by atoms with Gasteiger partial charge in [-0.2, -0.15) is 0 Å². The van der Waals surface area contributed by atoms with E-state index in [-0.39, 0.29) is 17.4 Å². The third kappa shape index (κ3) is 3.50. The summed E-state index contributed by atoms with van der Waals surface area (Å²) in [7, 11) is 0. The minimum absolute atomic E-state index is 0.260. The molecule has 10 heteroatoms. The van der Waals surface area contributed by atoms with Crippen LogP contribution in [0.2, 0.25) is 0 Å². The first-order valence-corrected chi connectivity index (χ1v) is 11.6. The summed E-state index contributed by atoms with van der Waals surface area (Å²) in [6.07, 6.45) is 1.82. The number of nitrogens with zero attached hydrogens (tertiary/aromatic N) is 4. The highest BCUT2D eigenvalue weighted by Crippen LogP contribution is 2.34. The van der Waals surface area contributed by atoms with Gasteiger partial charge in [-0.15, -0.1) is 11.3 Å². The van der Waals surface area contributed by atoms with Crippen LogP contribution < -0.4 is 5.32 Å². The number of furan rings is 1. The molecule has 8 nitrogen and oxygen atoms in total. The van der Waals surface area contributed by atoms with Crippen LogP contribution in [0.1, 0.15) is 27.6 Å². The number of anilines is 1. The molecule has 0 bridgehead atoms. The van der Waals surface area contributed by atoms with E-state index in [1.54, 1.807) is 29.5 Å². The predicted molar refractivity (Wildman–Crippen MR) is 130 cm³/mol. The smallest absolute Gasteiger partial charge is 0.259 e. The lowest BCUT2D eigenvalue weighted by Crippen LogP contribution is -2.15. The fourth-order valence-electron chi connectivity index (χ4n) is 4.19. The highest BCUT2D eigenvalue weighted by atomic mass is 32.1. The molecule has 174 valence electrons. The fraction of sp³-hybridized carbons (Fsp3) is 0.120. The van der Waals surface area contributed by atoms with E-state index >= 15 is 0 Å². The van der Waals surface area contributed by atoms with Crippen LogP contribution in [0.5, 0.6) is 0 Å². The molecule has 0 aliphatic rings. The zero-order valence-electron chi connectivity index (χ0n) is 18.9. The van der Waals surface area contributed by atoms with Crippen molar-refractivity contribution in [2.75, 3.05) is 5.32 Å². The number of carbonyl (C=O) groups is 1. The average molecular weight is 488 g/mol. The first kappa shape index (κ1) is 21.2. The SMILES string of the molecule is Cc1cc(-c2cc(C(=O)Nc3c(-c4ccc(F)cc4)nc4sccn34)c3c(C)noc3n2)c(C)o1. The Morgan fingerprint density at radius 3 is 2.66 bits per heavy atom. The number of nitrogens with one attached hydrogen (secondary N) is 1. The van der Waals surface area contributed by atoms with Crippen LogP contribution in [0.15, 0.2) is 56.9 Å². The van der Waals surface area contributed by atoms with Gasteiger partial charge in [0.2, 0.25) is 0 Å². The van der Waals surface area contributed by atoms with Crippen LogP contribution in [0, 0.1) is 26.6 Å². The van der Waals surface area contributed by atoms with E-state index in [9.17, 15) is 9.18 Å². The largest absolute Gasteiger partial charge is 0.466 e. The number of pyridine rings is 1. The Kier molecular flexibility index (Phi) is 4.78. The second-order valence-electron chi connectivity index (χ2n) is 8.16. The van der Waals surface area contributed by atoms with Crippen molar-refractivity contribution in [1.29, 1.82) is 0 Å². The first-order chi connectivity index (χ1) is 16.9. The minimum Gasteiger partial charge on any atom is -0.466 e. The van der Waals surface area contributed by atoms with Gasteiger partial charge in [0.15, 0.2) is 4.96 Å². The van der Waals surface area contributed by atoms with Crippen molar-refractivity contribution in [2.45, 2.75) is 20.8 Å². The molecule has 6 aromatic rings. The predicted octanol–water partition coefficient (Wildman–Crippen LogP) is 6.18. The lowest BCUT2D eigenvalue weighted by Gasteiger charge is -2.09. The normalized spacial score (nSPS) is 11.5. The Morgan fingerprint density at radius 2 is 1.91 bits per heavy atom. The van der Waals surface area contributed by atoms with Gasteiger partial charge in [0, 0.05) is 22.7 Å². The summed E-state index contributed by atoms with van der Waals surface area (Å²) < 4.78 is 26.4. The summed E-state index contributed by atoms with van der Waals surface area (Å²) in [6, 6.07) is 9.57. The Morgan fingerprint density at radius 1 is 1.11 bits per heavy atom. The van der Waals surface area contributed by atoms with Gasteiger partial charge < -0.3 is 14.3 Å². The van der Waals surface area contributed by atoms with E-state index in [1.165, 1.54) is 23.5 Å². The van der Waals surface area contributed by atoms with Crippen molar-refractivity contribution < 1.29 is 18.1 Å². The van der Waals surface area contributed by atoms with E-state index < -0.39 is 0 Å². The van der Waals surface area contributed by atoms with Crippen molar-refractivity contribution in [1.82, 2.24) is 19.5 Å². The second-order valence-corrected chi connectivity index (χ2v) is 9.03. The molecule has 0 saturated heterocycles. The molecule has 0 fully saturated rings. The molecule has 1 amide bonds. The van der Waals surface area contributed by atoms with Crippen molar-refractivity contribution in [2.24, 2.45) is 0 Å². The summed E-state index contributed by atoms with van der Waals surface area (Å²) in [6.45, 7) is 5.45. The van der Waals surface area contributed by atoms with Crippen LogP contribution in [-0.2, 0) is 0 Å². The van der Waals surface area contributed by atoms with Gasteiger partial charge in [0.25, 0.3) is 11.6 Å². The van der Waals surface area contributed by atoms with Crippen molar-refractivity contribution >= 4 is 39.1 Å². The number of rotatable bonds is 4. The number of aryl methyl sites for hydroxylation is 3. The van der Waals surface area contributed by atoms with Crippen LogP contribution in [0.25, 0.3) is 38.6 Å². The number of thiazole rings is 1. The number of hydrogen-bond acceptors (Lipinski definition) is 7. The Labute approximate surface area is 202 Å². The van der Waals surface area contributed by atoms with E-state index in [0.29, 0.717) is 50.1 Å². The monoisotopic (exact) mass is 487 g/mol. The maximum absolute atomic E-state index is 13.7. The number of carbonyl (C=O) groups excluding carboxylic acids is 1. The summed E-state index contributed by atoms with van der Waals surface area (Å²) >= 11 is 1.43. The van der Waals surface area contributed by atoms with E-state index in [4.69, 9.17) is 8.94 Å². The molecule has 0 unspecified atom stereocenters. The lowest BCUT2D eigenvalue weighted by atomic mass is 10.1. The van der Waals surface area contributed by atoms with Gasteiger partial charge in [-0.1, -0.05) is 5.16 Å². The maximum atomic E-state index is 13.7. The molecule has 0 aliphatic carbocycles. The average Bonchev–Trinajstić information content (AvgIpc) is 3.59. The number of halogens is 1. The Bertz CT molecular complexity index is 1740. The van der Waals surface area contributed by atoms with Crippen LogP contribution in [0.4, 0.5) is 10.2 Å². The van der Waals surface area contributed by atoms with Gasteiger partial charge in [-0.3, -0.25) is 9.20 Å². The third-order valence-electron chi connectivity index (χ3n) is 5.79. The highest BCUT2D eigenvalue weighted by Gasteiger charge is 2.24. The van der Waals surface area contributed by atoms with Gasteiger partial charge in [0.1, 0.15) is 28.8 Å². The van der Waals surface area contributed by atoms with Crippen molar-refractivity contribution in [3.8, 4) is 22.5 Å². The summed E-state index contributed by atoms with van der Waals surface area (Å²) in [5, 5.41) is 9.44. The van der Waals surface area contributed by atoms with Crippen LogP contribution in [-0.4, -0.2) is 25.4 Å². The molecule has 0 aliphatic heterocycles. The number of amides is 1. The lowest BCUT2D eigenvalue weighted by molar-refractivity contribution is 0.102. The molecule has 1 aromatic carbocycles. The van der Waals surface area contributed by atoms with Crippen LogP contribution in [0.3, 0.4) is 0 Å². The highest BCUT2D eigenvalue weighted by molar-refractivity contribution is 7.15. The molecule has 0 atom stereocenters. The van der Waals surface area contributed by atoms with Gasteiger partial charge in [-0.05, 0) is 57.2 Å². The van der Waals surface area contributed by atoms with E-state index in [2.05, 4.69) is 20.4 Å². The number of imidazole rings is 1. The van der Waals surface area contributed by atoms with Crippen LogP contribution >= 0.6 is 11.3 Å². The number of hydrogen-bond donors (Lipinski definition) is 1. The summed E-state index contributed by atoms with van der Waals surface area (Å²) in [4.78, 5) is 23.7. The second kappa shape index (κ2) is 7.88. The molecule has 1 N–H and O–H groups in total. The topological polar surface area (TPSA) is 98.5 Å². The quantitative estimate of drug-likeness (QED) is 0.319. The summed E-state index contributed by atoms with van der Waals surface area (Å²) in [5.41, 5.74) is 3.71. The zero-order chi connectivity index (χ0) is 24.3. The molecular weight excluding hydrogens is 469 g/mol. The van der Waals surface area contributed by atoms with Crippen molar-refractivity contribution in [3.63, 3.8) is 0 Å². The molecular formula is C25H18FN5O3S. The van der Waals surface area contributed by atoms with Gasteiger partial charge >= 0.3 is 0 Å². The van der Waals surface area contributed by atoms with Gasteiger partial charge in [0.05, 0.1) is 22.3 Å². The molecule has 0 radical (unpaired) electrons.